The van der Waals surface area contributed by atoms with E-state index in [-0.39, 0.29) is 18.9 Å². The van der Waals surface area contributed by atoms with Gasteiger partial charge in [-0.15, -0.1) is 0 Å². The molecule has 0 aromatic heterocycles. The van der Waals surface area contributed by atoms with Gasteiger partial charge in [-0.2, -0.15) is 0 Å². The molecule has 1 saturated carbocycles. The van der Waals surface area contributed by atoms with Crippen LogP contribution in [-0.4, -0.2) is 81.7 Å². The first-order valence-corrected chi connectivity index (χ1v) is 12.7. The SMILES string of the molecule is CC[C@@H]1[C@H](O)[C@H](NC)[C@H]2O[C@]3(O)[C@H](O[C@@H]2[C@H]1O)O[C@H](C)C[C@@]3(O)CCCCc1ccc(Cl)cc1. The summed E-state index contributed by atoms with van der Waals surface area (Å²) in [6.07, 6.45) is -1.90. The summed E-state index contributed by atoms with van der Waals surface area (Å²) in [5.41, 5.74) is -0.461. The molecule has 1 aromatic carbocycles. The third kappa shape index (κ3) is 4.65. The van der Waals surface area contributed by atoms with Gasteiger partial charge in [-0.3, -0.25) is 0 Å². The zero-order valence-corrected chi connectivity index (χ0v) is 20.8. The summed E-state index contributed by atoms with van der Waals surface area (Å²) in [7, 11) is 1.69. The molecule has 0 unspecified atom stereocenters. The fourth-order valence-electron chi connectivity index (χ4n) is 5.93. The topological polar surface area (TPSA) is 121 Å². The van der Waals surface area contributed by atoms with Crippen LogP contribution in [0.4, 0.5) is 0 Å². The van der Waals surface area contributed by atoms with Crippen molar-refractivity contribution in [1.29, 1.82) is 0 Å². The number of halogens is 1. The van der Waals surface area contributed by atoms with Crippen LogP contribution in [0.1, 0.15) is 51.5 Å². The first-order valence-electron chi connectivity index (χ1n) is 12.3. The summed E-state index contributed by atoms with van der Waals surface area (Å²) < 4.78 is 18.1. The van der Waals surface area contributed by atoms with Crippen LogP contribution in [0.15, 0.2) is 24.3 Å². The molecule has 3 aliphatic rings. The van der Waals surface area contributed by atoms with Gasteiger partial charge in [0.1, 0.15) is 17.8 Å². The van der Waals surface area contributed by atoms with Gasteiger partial charge in [0.2, 0.25) is 12.1 Å². The number of ether oxygens (including phenoxy) is 3. The van der Waals surface area contributed by atoms with Crippen LogP contribution in [0.25, 0.3) is 0 Å². The minimum atomic E-state index is -2.13. The third-order valence-electron chi connectivity index (χ3n) is 7.85. The van der Waals surface area contributed by atoms with Gasteiger partial charge < -0.3 is 40.0 Å². The minimum Gasteiger partial charge on any atom is -0.391 e. The molecule has 8 nitrogen and oxygen atoms in total. The monoisotopic (exact) mass is 499 g/mol. The van der Waals surface area contributed by atoms with Gasteiger partial charge in [-0.05, 0) is 57.4 Å². The van der Waals surface area contributed by atoms with Crippen molar-refractivity contribution in [2.24, 2.45) is 5.92 Å². The fraction of sp³-hybridized carbons (Fsp3) is 0.760. The summed E-state index contributed by atoms with van der Waals surface area (Å²) in [4.78, 5) is 0. The first-order chi connectivity index (χ1) is 16.1. The van der Waals surface area contributed by atoms with E-state index in [1.54, 1.807) is 7.05 Å². The Morgan fingerprint density at radius 1 is 1.06 bits per heavy atom. The summed E-state index contributed by atoms with van der Waals surface area (Å²) >= 11 is 5.96. The lowest BCUT2D eigenvalue weighted by molar-refractivity contribution is -0.485. The number of aryl methyl sites for hydroxylation is 1. The van der Waals surface area contributed by atoms with Gasteiger partial charge >= 0.3 is 0 Å². The average molecular weight is 500 g/mol. The number of nitrogens with one attached hydrogen (secondary N) is 1. The lowest BCUT2D eigenvalue weighted by atomic mass is 9.73. The molecule has 0 radical (unpaired) electrons. The molecule has 5 N–H and O–H groups in total. The van der Waals surface area contributed by atoms with Crippen molar-refractivity contribution in [3.8, 4) is 0 Å². The highest BCUT2D eigenvalue weighted by Crippen LogP contribution is 2.49. The molecule has 4 rings (SSSR count). The molecular formula is C25H38ClNO7. The zero-order chi connectivity index (χ0) is 24.7. The van der Waals surface area contributed by atoms with Crippen LogP contribution in [0.3, 0.4) is 0 Å². The van der Waals surface area contributed by atoms with Crippen LogP contribution < -0.4 is 5.32 Å². The molecular weight excluding hydrogens is 462 g/mol. The minimum absolute atomic E-state index is 0.175. The van der Waals surface area contributed by atoms with Crippen molar-refractivity contribution in [2.45, 2.75) is 107 Å². The summed E-state index contributed by atoms with van der Waals surface area (Å²) in [6, 6.07) is 7.09. The molecule has 0 bridgehead atoms. The Morgan fingerprint density at radius 2 is 1.76 bits per heavy atom. The van der Waals surface area contributed by atoms with E-state index in [0.717, 1.165) is 18.4 Å². The Hall–Kier alpha value is -0.810. The Morgan fingerprint density at radius 3 is 2.41 bits per heavy atom. The maximum Gasteiger partial charge on any atom is 0.248 e. The van der Waals surface area contributed by atoms with Crippen molar-refractivity contribution in [2.75, 3.05) is 7.05 Å². The molecule has 9 heteroatoms. The van der Waals surface area contributed by atoms with Crippen molar-refractivity contribution in [1.82, 2.24) is 5.32 Å². The van der Waals surface area contributed by atoms with Gasteiger partial charge in [0.25, 0.3) is 0 Å². The third-order valence-corrected chi connectivity index (χ3v) is 8.10. The van der Waals surface area contributed by atoms with Gasteiger partial charge in [-0.25, -0.2) is 0 Å². The van der Waals surface area contributed by atoms with E-state index in [4.69, 9.17) is 25.8 Å². The van der Waals surface area contributed by atoms with E-state index in [1.165, 1.54) is 0 Å². The van der Waals surface area contributed by atoms with Gasteiger partial charge in [0.15, 0.2) is 0 Å². The zero-order valence-electron chi connectivity index (χ0n) is 20.1. The smallest absolute Gasteiger partial charge is 0.248 e. The highest BCUT2D eigenvalue weighted by molar-refractivity contribution is 6.30. The number of rotatable bonds is 7. The van der Waals surface area contributed by atoms with Crippen molar-refractivity contribution < 1.29 is 34.6 Å². The molecule has 2 heterocycles. The second-order valence-electron chi connectivity index (χ2n) is 10.1. The Kier molecular flexibility index (Phi) is 7.94. The number of likely N-dealkylation sites (N-methyl/N-ethyl adjacent to an activating group) is 1. The van der Waals surface area contributed by atoms with Crippen molar-refractivity contribution in [3.05, 3.63) is 34.9 Å². The van der Waals surface area contributed by atoms with Crippen molar-refractivity contribution in [3.63, 3.8) is 0 Å². The Labute approximate surface area is 206 Å². The second kappa shape index (κ2) is 10.3. The Bertz CT molecular complexity index is 828. The Balaban J connectivity index is 1.50. The van der Waals surface area contributed by atoms with E-state index < -0.39 is 54.1 Å². The number of benzene rings is 1. The molecule has 0 amide bonds. The normalized spacial score (nSPS) is 44.4. The number of unbranched alkanes of at least 4 members (excludes halogenated alkanes) is 1. The highest BCUT2D eigenvalue weighted by atomic mass is 35.5. The van der Waals surface area contributed by atoms with Crippen molar-refractivity contribution >= 4 is 11.6 Å². The summed E-state index contributed by atoms with van der Waals surface area (Å²) in [5.74, 6) is -2.55. The van der Waals surface area contributed by atoms with Crippen LogP contribution >= 0.6 is 11.6 Å². The second-order valence-corrected chi connectivity index (χ2v) is 10.5. The van der Waals surface area contributed by atoms with E-state index in [0.29, 0.717) is 17.9 Å². The van der Waals surface area contributed by atoms with Gasteiger partial charge in [0.05, 0.1) is 24.4 Å². The van der Waals surface area contributed by atoms with Crippen LogP contribution in [0, 0.1) is 5.92 Å². The lowest BCUT2D eigenvalue weighted by Crippen LogP contribution is -2.78. The molecule has 192 valence electrons. The molecule has 2 aliphatic heterocycles. The standard InChI is InChI=1S/C25H38ClNO7/c1-4-17-19(28)18(27-3)21-22(20(17)29)33-23-25(31,34-21)24(30,13-14(2)32-23)12-6-5-7-15-8-10-16(26)11-9-15/h8-11,14,17-23,27-31H,4-7,12-13H2,1-3H3/t14-,17-,18+,19+,20+,21-,22-,23+,24+,25-/m1/s1. The number of aliphatic hydroxyl groups excluding tert-OH is 2. The number of aliphatic hydroxyl groups is 4. The highest BCUT2D eigenvalue weighted by Gasteiger charge is 2.68. The predicted molar refractivity (Wildman–Crippen MR) is 126 cm³/mol. The fourth-order valence-corrected chi connectivity index (χ4v) is 6.06. The summed E-state index contributed by atoms with van der Waals surface area (Å²) in [5, 5.41) is 48.9. The predicted octanol–water partition coefficient (Wildman–Crippen LogP) is 1.74. The average Bonchev–Trinajstić information content (AvgIpc) is 2.79. The number of hydrogen-bond donors (Lipinski definition) is 5. The maximum absolute atomic E-state index is 11.7. The van der Waals surface area contributed by atoms with Crippen LogP contribution in [-0.2, 0) is 20.6 Å². The first kappa shape index (κ1) is 26.3. The lowest BCUT2D eigenvalue weighted by Gasteiger charge is -2.60. The van der Waals surface area contributed by atoms with Crippen LogP contribution in [0.5, 0.6) is 0 Å². The van der Waals surface area contributed by atoms with E-state index in [1.807, 2.05) is 38.1 Å². The largest absolute Gasteiger partial charge is 0.391 e. The molecule has 1 aromatic rings. The molecule has 0 spiro atoms. The molecule has 3 fully saturated rings. The van der Waals surface area contributed by atoms with Gasteiger partial charge in [-0.1, -0.05) is 37.1 Å². The van der Waals surface area contributed by atoms with Gasteiger partial charge in [0, 0.05) is 17.4 Å². The molecule has 10 atom stereocenters. The quantitative estimate of drug-likeness (QED) is 0.360. The molecule has 2 saturated heterocycles. The van der Waals surface area contributed by atoms with E-state index >= 15 is 0 Å². The molecule has 34 heavy (non-hydrogen) atoms. The van der Waals surface area contributed by atoms with Crippen LogP contribution in [0.2, 0.25) is 5.02 Å². The number of fused-ring (bicyclic) bond motifs is 2. The molecule has 1 aliphatic carbocycles. The summed E-state index contributed by atoms with van der Waals surface area (Å²) in [6.45, 7) is 3.71. The number of hydrogen-bond acceptors (Lipinski definition) is 8. The van der Waals surface area contributed by atoms with E-state index in [2.05, 4.69) is 5.32 Å². The maximum atomic E-state index is 11.7. The van der Waals surface area contributed by atoms with E-state index in [9.17, 15) is 20.4 Å².